The summed E-state index contributed by atoms with van der Waals surface area (Å²) in [5.41, 5.74) is 1.26. The van der Waals surface area contributed by atoms with Gasteiger partial charge < -0.3 is 14.4 Å². The van der Waals surface area contributed by atoms with E-state index in [0.717, 1.165) is 21.2 Å². The number of halogens is 2. The zero-order valence-corrected chi connectivity index (χ0v) is 18.1. The quantitative estimate of drug-likeness (QED) is 0.618. The Morgan fingerprint density at radius 1 is 1.33 bits per heavy atom. The number of ether oxygens (including phenoxy) is 2. The molecule has 1 fully saturated rings. The van der Waals surface area contributed by atoms with E-state index in [0.29, 0.717) is 18.9 Å². The van der Waals surface area contributed by atoms with Gasteiger partial charge in [0.1, 0.15) is 11.7 Å². The van der Waals surface area contributed by atoms with Gasteiger partial charge in [-0.25, -0.2) is 18.9 Å². The van der Waals surface area contributed by atoms with Crippen molar-refractivity contribution in [3.05, 3.63) is 33.0 Å². The van der Waals surface area contributed by atoms with E-state index >= 15 is 0 Å². The minimum atomic E-state index is -0.550. The van der Waals surface area contributed by atoms with Gasteiger partial charge >= 0.3 is 6.09 Å². The summed E-state index contributed by atoms with van der Waals surface area (Å²) in [6, 6.07) is 1.53. The van der Waals surface area contributed by atoms with Crippen molar-refractivity contribution >= 4 is 28.7 Å². The highest BCUT2D eigenvalue weighted by Gasteiger charge is 2.35. The fourth-order valence-electron chi connectivity index (χ4n) is 2.63. The van der Waals surface area contributed by atoms with E-state index in [4.69, 9.17) is 9.47 Å². The van der Waals surface area contributed by atoms with E-state index in [-0.39, 0.29) is 11.9 Å². The van der Waals surface area contributed by atoms with Crippen LogP contribution in [0.2, 0.25) is 0 Å². The minimum Gasteiger partial charge on any atom is -0.483 e. The average molecular weight is 488 g/mol. The number of carbonyl (C=O) groups excluding carboxylic acids is 1. The molecule has 0 radical (unpaired) electrons. The van der Waals surface area contributed by atoms with Crippen LogP contribution in [0.1, 0.15) is 32.2 Å². The van der Waals surface area contributed by atoms with Gasteiger partial charge in [0.05, 0.1) is 34.2 Å². The molecule has 0 atom stereocenters. The molecule has 1 amide bonds. The third-order valence-electron chi connectivity index (χ3n) is 4.02. The molecule has 0 aromatic carbocycles. The molecule has 2 aromatic rings. The van der Waals surface area contributed by atoms with E-state index in [9.17, 15) is 9.18 Å². The molecular weight excluding hydrogens is 466 g/mol. The molecule has 9 heteroatoms. The van der Waals surface area contributed by atoms with Crippen molar-refractivity contribution in [2.75, 3.05) is 13.1 Å². The zero-order valence-electron chi connectivity index (χ0n) is 15.9. The maximum absolute atomic E-state index is 14.1. The van der Waals surface area contributed by atoms with Crippen molar-refractivity contribution < 1.29 is 18.7 Å². The molecule has 0 aliphatic carbocycles. The third kappa shape index (κ3) is 4.33. The molecule has 1 aliphatic heterocycles. The first kappa shape index (κ1) is 19.8. The van der Waals surface area contributed by atoms with Gasteiger partial charge in [-0.15, -0.1) is 0 Å². The van der Waals surface area contributed by atoms with E-state index in [1.807, 2.05) is 34.6 Å². The monoisotopic (exact) mass is 488 g/mol. The van der Waals surface area contributed by atoms with Crippen LogP contribution < -0.4 is 4.74 Å². The molecule has 0 spiro atoms. The van der Waals surface area contributed by atoms with Crippen molar-refractivity contribution in [3.8, 4) is 11.6 Å². The van der Waals surface area contributed by atoms with Crippen LogP contribution in [0.3, 0.4) is 0 Å². The number of hydrogen-bond acceptors (Lipinski definition) is 5. The summed E-state index contributed by atoms with van der Waals surface area (Å²) < 4.78 is 27.9. The van der Waals surface area contributed by atoms with E-state index in [2.05, 4.69) is 32.7 Å². The Morgan fingerprint density at radius 3 is 2.56 bits per heavy atom. The summed E-state index contributed by atoms with van der Waals surface area (Å²) in [5, 5.41) is 4.43. The van der Waals surface area contributed by atoms with Crippen molar-refractivity contribution in [3.63, 3.8) is 0 Å². The summed E-state index contributed by atoms with van der Waals surface area (Å²) in [7, 11) is 0. The number of hydrogen-bond donors (Lipinski definition) is 0. The Balaban J connectivity index is 1.68. The Hall–Kier alpha value is -1.91. The molecular formula is C18H22FIN4O3. The Labute approximate surface area is 171 Å². The van der Waals surface area contributed by atoms with Crippen molar-refractivity contribution in [2.24, 2.45) is 0 Å². The lowest BCUT2D eigenvalue weighted by atomic mass is 10.1. The standard InChI is InChI=1S/C18H22FIN4O3/c1-10-16(20)11(2)24(22-10)15-6-14(13(19)7-21-15)26-12-8-23(9-12)17(25)27-18(3,4)5/h6-7,12H,8-9H2,1-5H3. The average Bonchev–Trinajstić information content (AvgIpc) is 2.78. The molecule has 1 saturated heterocycles. The van der Waals surface area contributed by atoms with Crippen molar-refractivity contribution in [1.82, 2.24) is 19.7 Å². The van der Waals surface area contributed by atoms with Gasteiger partial charge in [-0.2, -0.15) is 5.10 Å². The lowest BCUT2D eigenvalue weighted by molar-refractivity contribution is -0.0229. The maximum atomic E-state index is 14.1. The molecule has 2 aromatic heterocycles. The highest BCUT2D eigenvalue weighted by Crippen LogP contribution is 2.26. The van der Waals surface area contributed by atoms with Gasteiger partial charge in [0.2, 0.25) is 0 Å². The molecule has 0 N–H and O–H groups in total. The number of amides is 1. The van der Waals surface area contributed by atoms with Crippen LogP contribution in [-0.4, -0.2) is 50.6 Å². The molecule has 3 heterocycles. The van der Waals surface area contributed by atoms with Gasteiger partial charge in [0.25, 0.3) is 0 Å². The second-order valence-corrected chi connectivity index (χ2v) is 8.57. The summed E-state index contributed by atoms with van der Waals surface area (Å²) in [6.07, 6.45) is 0.441. The highest BCUT2D eigenvalue weighted by molar-refractivity contribution is 14.1. The van der Waals surface area contributed by atoms with E-state index in [1.54, 1.807) is 4.68 Å². The van der Waals surface area contributed by atoms with Gasteiger partial charge in [0, 0.05) is 6.07 Å². The Morgan fingerprint density at radius 2 is 2.00 bits per heavy atom. The van der Waals surface area contributed by atoms with Crippen molar-refractivity contribution in [1.29, 1.82) is 0 Å². The summed E-state index contributed by atoms with van der Waals surface area (Å²) >= 11 is 2.22. The lowest BCUT2D eigenvalue weighted by Gasteiger charge is -2.39. The molecule has 0 bridgehead atoms. The fourth-order valence-corrected chi connectivity index (χ4v) is 2.97. The topological polar surface area (TPSA) is 69.5 Å². The van der Waals surface area contributed by atoms with Crippen LogP contribution in [0.25, 0.3) is 5.82 Å². The van der Waals surface area contributed by atoms with E-state index in [1.165, 1.54) is 11.0 Å². The summed E-state index contributed by atoms with van der Waals surface area (Å²) in [4.78, 5) is 17.6. The van der Waals surface area contributed by atoms with Gasteiger partial charge in [-0.1, -0.05) is 0 Å². The minimum absolute atomic E-state index is 0.0939. The second kappa shape index (κ2) is 7.25. The van der Waals surface area contributed by atoms with Crippen molar-refractivity contribution in [2.45, 2.75) is 46.3 Å². The second-order valence-electron chi connectivity index (χ2n) is 7.49. The maximum Gasteiger partial charge on any atom is 0.410 e. The van der Waals surface area contributed by atoms with Crippen LogP contribution in [0.15, 0.2) is 12.3 Å². The Kier molecular flexibility index (Phi) is 5.33. The van der Waals surface area contributed by atoms with Crippen LogP contribution in [0.4, 0.5) is 9.18 Å². The van der Waals surface area contributed by atoms with Gasteiger partial charge in [-0.05, 0) is 57.2 Å². The largest absolute Gasteiger partial charge is 0.483 e. The van der Waals surface area contributed by atoms with Crippen LogP contribution in [0.5, 0.6) is 5.75 Å². The molecule has 7 nitrogen and oxygen atoms in total. The SMILES string of the molecule is Cc1nn(-c2cc(OC3CN(C(=O)OC(C)(C)C)C3)c(F)cn2)c(C)c1I. The number of rotatable bonds is 3. The normalized spacial score (nSPS) is 14.9. The molecule has 146 valence electrons. The lowest BCUT2D eigenvalue weighted by Crippen LogP contribution is -2.57. The third-order valence-corrected chi connectivity index (χ3v) is 5.58. The van der Waals surface area contributed by atoms with E-state index < -0.39 is 17.5 Å². The van der Waals surface area contributed by atoms with Crippen LogP contribution in [0, 0.1) is 23.2 Å². The molecule has 27 heavy (non-hydrogen) atoms. The van der Waals surface area contributed by atoms with Gasteiger partial charge in [-0.3, -0.25) is 0 Å². The first-order valence-electron chi connectivity index (χ1n) is 8.57. The summed E-state index contributed by atoms with van der Waals surface area (Å²) in [5.74, 6) is 0.0281. The summed E-state index contributed by atoms with van der Waals surface area (Å²) in [6.45, 7) is 9.98. The molecule has 1 aliphatic rings. The zero-order chi connectivity index (χ0) is 19.9. The molecule has 0 saturated carbocycles. The smallest absolute Gasteiger partial charge is 0.410 e. The molecule has 0 unspecified atom stereocenters. The number of aryl methyl sites for hydroxylation is 1. The van der Waals surface area contributed by atoms with Gasteiger partial charge in [0.15, 0.2) is 17.4 Å². The predicted molar refractivity (Wildman–Crippen MR) is 106 cm³/mol. The molecule has 3 rings (SSSR count). The first-order valence-corrected chi connectivity index (χ1v) is 9.65. The first-order chi connectivity index (χ1) is 12.5. The highest BCUT2D eigenvalue weighted by atomic mass is 127. The fraction of sp³-hybridized carbons (Fsp3) is 0.500. The van der Waals surface area contributed by atoms with Crippen LogP contribution in [-0.2, 0) is 4.74 Å². The number of carbonyl (C=O) groups is 1. The predicted octanol–water partition coefficient (Wildman–Crippen LogP) is 3.63. The number of likely N-dealkylation sites (tertiary alicyclic amines) is 1. The van der Waals surface area contributed by atoms with Crippen LogP contribution >= 0.6 is 22.6 Å². The number of pyridine rings is 1. The number of nitrogens with zero attached hydrogens (tertiary/aromatic N) is 4. The Bertz CT molecular complexity index is 872. The number of aromatic nitrogens is 3.